The normalized spacial score (nSPS) is 14.4. The van der Waals surface area contributed by atoms with Gasteiger partial charge in [0.1, 0.15) is 5.75 Å². The van der Waals surface area contributed by atoms with Gasteiger partial charge in [0.25, 0.3) is 0 Å². The number of nitrogens with zero attached hydrogens (tertiary/aromatic N) is 1. The fraction of sp³-hybridized carbons (Fsp3) is 0.440. The molecule has 5 heteroatoms. The fourth-order valence-corrected chi connectivity index (χ4v) is 4.01. The minimum absolute atomic E-state index is 0.0138. The van der Waals surface area contributed by atoms with Crippen LogP contribution in [0, 0.1) is 5.92 Å². The summed E-state index contributed by atoms with van der Waals surface area (Å²) in [6, 6.07) is 16.5. The number of piperidine rings is 1. The second-order valence-corrected chi connectivity index (χ2v) is 8.11. The van der Waals surface area contributed by atoms with Crippen molar-refractivity contribution in [1.82, 2.24) is 10.2 Å². The molecule has 0 spiro atoms. The van der Waals surface area contributed by atoms with E-state index in [-0.39, 0.29) is 11.8 Å². The average Bonchev–Trinajstić information content (AvgIpc) is 2.75. The third kappa shape index (κ3) is 6.61. The van der Waals surface area contributed by atoms with Crippen molar-refractivity contribution in [2.45, 2.75) is 39.0 Å². The lowest BCUT2D eigenvalue weighted by Gasteiger charge is -2.32. The van der Waals surface area contributed by atoms with Crippen molar-refractivity contribution in [3.63, 3.8) is 0 Å². The van der Waals surface area contributed by atoms with Crippen LogP contribution in [0.5, 0.6) is 5.75 Å². The molecule has 30 heavy (non-hydrogen) atoms. The third-order valence-electron chi connectivity index (χ3n) is 5.79. The second-order valence-electron chi connectivity index (χ2n) is 8.11. The van der Waals surface area contributed by atoms with Gasteiger partial charge in [0.05, 0.1) is 13.5 Å². The van der Waals surface area contributed by atoms with Crippen molar-refractivity contribution in [1.29, 1.82) is 0 Å². The van der Waals surface area contributed by atoms with Crippen molar-refractivity contribution < 1.29 is 14.3 Å². The maximum atomic E-state index is 12.7. The lowest BCUT2D eigenvalue weighted by molar-refractivity contribution is -0.131. The summed E-state index contributed by atoms with van der Waals surface area (Å²) in [4.78, 5) is 25.6. The number of methoxy groups -OCH3 is 1. The molecule has 1 fully saturated rings. The maximum absolute atomic E-state index is 12.7. The summed E-state index contributed by atoms with van der Waals surface area (Å²) in [6.45, 7) is 3.89. The highest BCUT2D eigenvalue weighted by Crippen LogP contribution is 2.23. The molecule has 0 bridgehead atoms. The van der Waals surface area contributed by atoms with Gasteiger partial charge in [-0.05, 0) is 60.4 Å². The zero-order valence-electron chi connectivity index (χ0n) is 18.0. The van der Waals surface area contributed by atoms with E-state index in [4.69, 9.17) is 4.74 Å². The van der Waals surface area contributed by atoms with E-state index in [1.54, 1.807) is 14.0 Å². The zero-order chi connectivity index (χ0) is 21.3. The van der Waals surface area contributed by atoms with Crippen molar-refractivity contribution >= 4 is 11.8 Å². The molecule has 2 aromatic rings. The molecule has 2 aromatic carbocycles. The third-order valence-corrected chi connectivity index (χ3v) is 5.79. The molecule has 160 valence electrons. The molecule has 1 aliphatic heterocycles. The minimum Gasteiger partial charge on any atom is -0.497 e. The monoisotopic (exact) mass is 408 g/mol. The van der Waals surface area contributed by atoms with Crippen molar-refractivity contribution in [2.75, 3.05) is 26.7 Å². The number of amides is 2. The van der Waals surface area contributed by atoms with Crippen molar-refractivity contribution in [3.05, 3.63) is 65.2 Å². The number of carbonyl (C=O) groups is 2. The number of ether oxygens (including phenoxy) is 1. The Morgan fingerprint density at radius 3 is 2.40 bits per heavy atom. The summed E-state index contributed by atoms with van der Waals surface area (Å²) in [5.41, 5.74) is 3.59. The van der Waals surface area contributed by atoms with Gasteiger partial charge >= 0.3 is 0 Å². The highest BCUT2D eigenvalue weighted by Gasteiger charge is 2.23. The van der Waals surface area contributed by atoms with Gasteiger partial charge in [0, 0.05) is 26.6 Å². The van der Waals surface area contributed by atoms with Gasteiger partial charge in [-0.2, -0.15) is 0 Å². The van der Waals surface area contributed by atoms with E-state index in [1.807, 2.05) is 29.2 Å². The van der Waals surface area contributed by atoms with E-state index >= 15 is 0 Å². The van der Waals surface area contributed by atoms with Gasteiger partial charge in [-0.3, -0.25) is 9.59 Å². The first-order chi connectivity index (χ1) is 14.5. The highest BCUT2D eigenvalue weighted by atomic mass is 16.5. The summed E-state index contributed by atoms with van der Waals surface area (Å²) >= 11 is 0. The zero-order valence-corrected chi connectivity index (χ0v) is 18.0. The second kappa shape index (κ2) is 10.8. The smallest absolute Gasteiger partial charge is 0.226 e. The van der Waals surface area contributed by atoms with Crippen LogP contribution in [-0.4, -0.2) is 43.5 Å². The van der Waals surface area contributed by atoms with Crippen molar-refractivity contribution in [2.24, 2.45) is 5.92 Å². The number of likely N-dealkylation sites (tertiary alicyclic amines) is 1. The topological polar surface area (TPSA) is 58.6 Å². The first-order valence-corrected chi connectivity index (χ1v) is 10.8. The highest BCUT2D eigenvalue weighted by molar-refractivity contribution is 5.79. The molecular weight excluding hydrogens is 376 g/mol. The van der Waals surface area contributed by atoms with Crippen LogP contribution in [0.4, 0.5) is 0 Å². The molecule has 0 unspecified atom stereocenters. The molecule has 1 aliphatic rings. The van der Waals surface area contributed by atoms with Crippen LogP contribution in [0.1, 0.15) is 36.5 Å². The number of rotatable bonds is 8. The number of benzene rings is 2. The average molecular weight is 409 g/mol. The summed E-state index contributed by atoms with van der Waals surface area (Å²) in [7, 11) is 1.64. The summed E-state index contributed by atoms with van der Waals surface area (Å²) in [6.07, 6.45) is 4.45. The predicted octanol–water partition coefficient (Wildman–Crippen LogP) is 3.40. The Balaban J connectivity index is 1.42. The molecule has 3 rings (SSSR count). The maximum Gasteiger partial charge on any atom is 0.226 e. The SMILES string of the molecule is COc1cccc(CC(=O)N2CCC(Cc3ccc(CCNC(C)=O)cc3)CC2)c1. The molecule has 5 nitrogen and oxygen atoms in total. The standard InChI is InChI=1S/C25H32N2O3/c1-19(28)26-13-10-20-6-8-21(9-7-20)16-22-11-14-27(15-12-22)25(29)18-23-4-3-5-24(17-23)30-2/h3-9,17,22H,10-16,18H2,1-2H3,(H,26,28). The van der Waals surface area contributed by atoms with Gasteiger partial charge in [-0.15, -0.1) is 0 Å². The van der Waals surface area contributed by atoms with Gasteiger partial charge < -0.3 is 15.0 Å². The predicted molar refractivity (Wildman–Crippen MR) is 119 cm³/mol. The number of hydrogen-bond donors (Lipinski definition) is 1. The molecule has 1 heterocycles. The Morgan fingerprint density at radius 1 is 1.03 bits per heavy atom. The van der Waals surface area contributed by atoms with E-state index in [2.05, 4.69) is 29.6 Å². The number of nitrogens with one attached hydrogen (secondary N) is 1. The van der Waals surface area contributed by atoms with E-state index in [1.165, 1.54) is 11.1 Å². The van der Waals surface area contributed by atoms with E-state index < -0.39 is 0 Å². The Morgan fingerprint density at radius 2 is 1.73 bits per heavy atom. The Labute approximate surface area is 179 Å². The molecule has 1 saturated heterocycles. The minimum atomic E-state index is 0.0138. The van der Waals surface area contributed by atoms with E-state index in [9.17, 15) is 9.59 Å². The summed E-state index contributed by atoms with van der Waals surface area (Å²) in [5, 5.41) is 2.83. The Hall–Kier alpha value is -2.82. The van der Waals surface area contributed by atoms with Gasteiger partial charge in [-0.25, -0.2) is 0 Å². The van der Waals surface area contributed by atoms with Crippen LogP contribution in [0.25, 0.3) is 0 Å². The fourth-order valence-electron chi connectivity index (χ4n) is 4.01. The molecule has 0 radical (unpaired) electrons. The Kier molecular flexibility index (Phi) is 7.89. The largest absolute Gasteiger partial charge is 0.497 e. The van der Waals surface area contributed by atoms with Crippen LogP contribution in [0.3, 0.4) is 0 Å². The first kappa shape index (κ1) is 21.9. The molecular formula is C25H32N2O3. The van der Waals surface area contributed by atoms with Crippen LogP contribution in [0.2, 0.25) is 0 Å². The molecule has 0 saturated carbocycles. The van der Waals surface area contributed by atoms with Crippen LogP contribution in [0.15, 0.2) is 48.5 Å². The molecule has 0 aromatic heterocycles. The lowest BCUT2D eigenvalue weighted by Crippen LogP contribution is -2.39. The molecule has 2 amide bonds. The number of hydrogen-bond acceptors (Lipinski definition) is 3. The lowest BCUT2D eigenvalue weighted by atomic mass is 9.89. The van der Waals surface area contributed by atoms with Crippen LogP contribution >= 0.6 is 0 Å². The van der Waals surface area contributed by atoms with Gasteiger partial charge in [0.15, 0.2) is 0 Å². The van der Waals surface area contributed by atoms with Gasteiger partial charge in [0.2, 0.25) is 11.8 Å². The molecule has 0 atom stereocenters. The van der Waals surface area contributed by atoms with Crippen molar-refractivity contribution in [3.8, 4) is 5.75 Å². The molecule has 1 N–H and O–H groups in total. The van der Waals surface area contributed by atoms with Crippen LogP contribution < -0.4 is 10.1 Å². The summed E-state index contributed by atoms with van der Waals surface area (Å²) < 4.78 is 5.25. The van der Waals surface area contributed by atoms with E-state index in [0.717, 1.165) is 50.1 Å². The summed E-state index contributed by atoms with van der Waals surface area (Å²) in [5.74, 6) is 1.63. The number of carbonyl (C=O) groups excluding carboxylic acids is 2. The quantitative estimate of drug-likeness (QED) is 0.728. The van der Waals surface area contributed by atoms with Gasteiger partial charge in [-0.1, -0.05) is 36.4 Å². The van der Waals surface area contributed by atoms with E-state index in [0.29, 0.717) is 18.9 Å². The van der Waals surface area contributed by atoms with Crippen LogP contribution in [-0.2, 0) is 28.9 Å². The Bertz CT molecular complexity index is 840. The first-order valence-electron chi connectivity index (χ1n) is 10.8. The molecule has 0 aliphatic carbocycles.